The van der Waals surface area contributed by atoms with Crippen LogP contribution in [0.15, 0.2) is 103 Å². The maximum Gasteiger partial charge on any atom is 0.243 e. The van der Waals surface area contributed by atoms with Crippen LogP contribution in [-0.2, 0) is 48.0 Å². The van der Waals surface area contributed by atoms with E-state index in [1.54, 1.807) is 30.5 Å². The summed E-state index contributed by atoms with van der Waals surface area (Å²) in [6, 6.07) is 23.4. The van der Waals surface area contributed by atoms with Crippen LogP contribution in [0.1, 0.15) is 49.8 Å². The van der Waals surface area contributed by atoms with Crippen LogP contribution in [0, 0.1) is 0 Å². The van der Waals surface area contributed by atoms with Gasteiger partial charge in [0, 0.05) is 36.4 Å². The van der Waals surface area contributed by atoms with Crippen LogP contribution in [0.5, 0.6) is 0 Å². The number of rotatable bonds is 21. The predicted molar refractivity (Wildman–Crippen MR) is 231 cm³/mol. The highest BCUT2D eigenvalue weighted by molar-refractivity contribution is 5.97. The molecule has 1 aromatic heterocycles. The number of H-pyrrole nitrogens is 1. The molecule has 60 heavy (non-hydrogen) atoms. The first-order valence-corrected chi connectivity index (χ1v) is 20.2. The van der Waals surface area contributed by atoms with E-state index in [1.807, 2.05) is 72.8 Å². The molecule has 0 spiro atoms. The van der Waals surface area contributed by atoms with Crippen LogP contribution in [0.3, 0.4) is 0 Å². The molecule has 0 saturated heterocycles. The standard InChI is InChI=1S/C45H55N9O6/c1-27(47)41(56)52-38(24-30-19-20-31-14-6-7-15-32(31)22-30)43(58)50-28(2)42(57)53-39(25-33-26-49-35-17-9-8-16-34(33)35)45(60)54-37(23-29-12-4-3-5-13-29)44(59)51-36(40(48)55)18-10-11-21-46/h3-9,12-17,19-20,22,26-28,36-39,49H,10-11,18,21,23-25,46-47H2,1-2H3,(H2,48,55)(H,50,58)(H,51,59)(H,52,56)(H,53,57)(H,54,60)/t27-,28+,36+,37-,38+,39+/m1/s1. The number of carbonyl (C=O) groups is 6. The molecule has 0 unspecified atom stereocenters. The normalized spacial score (nSPS) is 14.2. The van der Waals surface area contributed by atoms with Crippen molar-refractivity contribution in [3.63, 3.8) is 0 Å². The fourth-order valence-electron chi connectivity index (χ4n) is 6.90. The summed E-state index contributed by atoms with van der Waals surface area (Å²) in [6.07, 6.45) is 3.39. The van der Waals surface area contributed by atoms with E-state index >= 15 is 0 Å². The van der Waals surface area contributed by atoms with Gasteiger partial charge in [-0.1, -0.05) is 91.0 Å². The Balaban J connectivity index is 1.37. The summed E-state index contributed by atoms with van der Waals surface area (Å²) in [6.45, 7) is 3.38. The van der Waals surface area contributed by atoms with Crippen molar-refractivity contribution in [3.05, 3.63) is 120 Å². The Bertz CT molecular complexity index is 2280. The van der Waals surface area contributed by atoms with Crippen molar-refractivity contribution in [3.8, 4) is 0 Å². The van der Waals surface area contributed by atoms with E-state index in [0.717, 1.165) is 38.4 Å². The summed E-state index contributed by atoms with van der Waals surface area (Å²) < 4.78 is 0. The number of nitrogens with one attached hydrogen (secondary N) is 6. The quantitative estimate of drug-likeness (QED) is 0.0492. The van der Waals surface area contributed by atoms with Gasteiger partial charge in [0.05, 0.1) is 6.04 Å². The maximum atomic E-state index is 14.3. The van der Waals surface area contributed by atoms with Crippen LogP contribution >= 0.6 is 0 Å². The zero-order valence-corrected chi connectivity index (χ0v) is 33.9. The lowest BCUT2D eigenvalue weighted by molar-refractivity contribution is -0.134. The summed E-state index contributed by atoms with van der Waals surface area (Å²) in [5.41, 5.74) is 20.2. The van der Waals surface area contributed by atoms with Crippen molar-refractivity contribution in [1.82, 2.24) is 31.6 Å². The first-order valence-electron chi connectivity index (χ1n) is 20.2. The minimum Gasteiger partial charge on any atom is -0.368 e. The second kappa shape index (κ2) is 21.4. The number of carbonyl (C=O) groups excluding carboxylic acids is 6. The highest BCUT2D eigenvalue weighted by Crippen LogP contribution is 2.20. The molecule has 6 atom stereocenters. The van der Waals surface area contributed by atoms with E-state index in [1.165, 1.54) is 13.8 Å². The zero-order chi connectivity index (χ0) is 43.2. The Hall–Kier alpha value is -6.58. The number of unbranched alkanes of at least 4 members (excludes halogenated alkanes) is 1. The van der Waals surface area contributed by atoms with E-state index < -0.39 is 71.7 Å². The second-order valence-corrected chi connectivity index (χ2v) is 15.1. The molecule has 0 aliphatic carbocycles. The van der Waals surface area contributed by atoms with Gasteiger partial charge >= 0.3 is 0 Å². The van der Waals surface area contributed by atoms with E-state index in [9.17, 15) is 28.8 Å². The molecule has 0 aliphatic rings. The number of nitrogens with two attached hydrogens (primary N) is 3. The third-order valence-corrected chi connectivity index (χ3v) is 10.3. The second-order valence-electron chi connectivity index (χ2n) is 15.1. The Morgan fingerprint density at radius 3 is 1.83 bits per heavy atom. The van der Waals surface area contributed by atoms with Crippen LogP contribution in [-0.4, -0.2) is 83.2 Å². The third-order valence-electron chi connectivity index (χ3n) is 10.3. The molecule has 0 saturated carbocycles. The number of primary amides is 1. The number of benzene rings is 4. The molecule has 12 N–H and O–H groups in total. The van der Waals surface area contributed by atoms with Gasteiger partial charge in [0.1, 0.15) is 30.2 Å². The number of hydrogen-bond acceptors (Lipinski definition) is 8. The smallest absolute Gasteiger partial charge is 0.243 e. The van der Waals surface area contributed by atoms with Crippen molar-refractivity contribution in [1.29, 1.82) is 0 Å². The highest BCUT2D eigenvalue weighted by Gasteiger charge is 2.32. The van der Waals surface area contributed by atoms with Gasteiger partial charge in [0.2, 0.25) is 35.4 Å². The topological polar surface area (TPSA) is 256 Å². The summed E-state index contributed by atoms with van der Waals surface area (Å²) in [5.74, 6) is -3.90. The van der Waals surface area contributed by atoms with E-state index in [-0.39, 0.29) is 25.7 Å². The van der Waals surface area contributed by atoms with Crippen LogP contribution in [0.25, 0.3) is 21.7 Å². The van der Waals surface area contributed by atoms with Gasteiger partial charge < -0.3 is 48.8 Å². The average molecular weight is 818 g/mol. The number of aromatic nitrogens is 1. The first kappa shape index (κ1) is 44.5. The number of amides is 6. The van der Waals surface area contributed by atoms with Crippen molar-refractivity contribution in [2.75, 3.05) is 6.54 Å². The lowest BCUT2D eigenvalue weighted by atomic mass is 10.0. The zero-order valence-electron chi connectivity index (χ0n) is 33.9. The van der Waals surface area contributed by atoms with E-state index in [4.69, 9.17) is 17.2 Å². The minimum absolute atomic E-state index is 0.0139. The third kappa shape index (κ3) is 12.5. The summed E-state index contributed by atoms with van der Waals surface area (Å²) in [5, 5.41) is 16.5. The SMILES string of the molecule is C[C@H](NC(=O)[C@H](Cc1ccc2ccccc2c1)NC(=O)[C@@H](C)N)C(=O)N[C@@H](Cc1c[nH]c2ccccc12)C(=O)N[C@H](Cc1ccccc1)C(=O)N[C@@H](CCCCN)C(N)=O. The first-order chi connectivity index (χ1) is 28.8. The summed E-state index contributed by atoms with van der Waals surface area (Å²) in [7, 11) is 0. The van der Waals surface area contributed by atoms with Gasteiger partial charge in [0.15, 0.2) is 0 Å². The van der Waals surface area contributed by atoms with Gasteiger partial charge in [-0.15, -0.1) is 0 Å². The van der Waals surface area contributed by atoms with Crippen molar-refractivity contribution in [2.24, 2.45) is 17.2 Å². The van der Waals surface area contributed by atoms with Crippen LogP contribution in [0.4, 0.5) is 0 Å². The molecule has 15 nitrogen and oxygen atoms in total. The van der Waals surface area contributed by atoms with Crippen molar-refractivity contribution in [2.45, 2.75) is 88.6 Å². The minimum atomic E-state index is -1.23. The largest absolute Gasteiger partial charge is 0.368 e. The van der Waals surface area contributed by atoms with E-state index in [0.29, 0.717) is 19.4 Å². The molecule has 6 amide bonds. The maximum absolute atomic E-state index is 14.3. The summed E-state index contributed by atoms with van der Waals surface area (Å²) in [4.78, 5) is 84.2. The van der Waals surface area contributed by atoms with Gasteiger partial charge in [-0.25, -0.2) is 0 Å². The predicted octanol–water partition coefficient (Wildman–Crippen LogP) is 1.75. The average Bonchev–Trinajstić information content (AvgIpc) is 3.65. The Morgan fingerprint density at radius 2 is 1.15 bits per heavy atom. The van der Waals surface area contributed by atoms with Crippen molar-refractivity contribution < 1.29 is 28.8 Å². The number of para-hydroxylation sites is 1. The number of aromatic amines is 1. The molecular formula is C45H55N9O6. The molecule has 316 valence electrons. The van der Waals surface area contributed by atoms with Gasteiger partial charge in [-0.3, -0.25) is 28.8 Å². The van der Waals surface area contributed by atoms with Gasteiger partial charge in [-0.2, -0.15) is 0 Å². The number of hydrogen-bond donors (Lipinski definition) is 9. The lowest BCUT2D eigenvalue weighted by Gasteiger charge is -2.26. The molecule has 0 aliphatic heterocycles. The molecule has 0 fully saturated rings. The number of fused-ring (bicyclic) bond motifs is 2. The molecule has 1 heterocycles. The molecule has 4 aromatic carbocycles. The molecule has 15 heteroatoms. The van der Waals surface area contributed by atoms with E-state index in [2.05, 4.69) is 31.6 Å². The molecule has 5 aromatic rings. The molecule has 0 radical (unpaired) electrons. The van der Waals surface area contributed by atoms with Crippen LogP contribution in [0.2, 0.25) is 0 Å². The summed E-state index contributed by atoms with van der Waals surface area (Å²) >= 11 is 0. The molecule has 5 rings (SSSR count). The van der Waals surface area contributed by atoms with Gasteiger partial charge in [-0.05, 0) is 73.2 Å². The monoisotopic (exact) mass is 817 g/mol. The fourth-order valence-corrected chi connectivity index (χ4v) is 6.90. The van der Waals surface area contributed by atoms with Crippen LogP contribution < -0.4 is 43.8 Å². The highest BCUT2D eigenvalue weighted by atomic mass is 16.2. The molecular weight excluding hydrogens is 763 g/mol. The van der Waals surface area contributed by atoms with Gasteiger partial charge in [0.25, 0.3) is 0 Å². The Labute approximate surface area is 349 Å². The van der Waals surface area contributed by atoms with Crippen molar-refractivity contribution >= 4 is 57.1 Å². The lowest BCUT2D eigenvalue weighted by Crippen LogP contribution is -2.59. The molecule has 0 bridgehead atoms. The Morgan fingerprint density at radius 1 is 0.583 bits per heavy atom. The fraction of sp³-hybridized carbons (Fsp3) is 0.333. The Kier molecular flexibility index (Phi) is 15.9.